The van der Waals surface area contributed by atoms with Gasteiger partial charge in [0.2, 0.25) is 0 Å². The molecule has 0 aliphatic rings. The maximum absolute atomic E-state index is 12.7. The number of nitrogens with zero attached hydrogens (tertiary/aromatic N) is 1. The van der Waals surface area contributed by atoms with Crippen LogP contribution >= 0.6 is 0 Å². The highest BCUT2D eigenvalue weighted by molar-refractivity contribution is 6.39. The average molecular weight is 409 g/mol. The zero-order valence-corrected chi connectivity index (χ0v) is 14.8. The Kier molecular flexibility index (Phi) is 6.55. The van der Waals surface area contributed by atoms with Crippen molar-refractivity contribution in [3.63, 3.8) is 0 Å². The van der Waals surface area contributed by atoms with Crippen molar-refractivity contribution < 1.29 is 37.4 Å². The third-order valence-electron chi connectivity index (χ3n) is 3.49. The van der Waals surface area contributed by atoms with Gasteiger partial charge in [0.15, 0.2) is 0 Å². The van der Waals surface area contributed by atoms with Gasteiger partial charge in [-0.3, -0.25) is 9.59 Å². The van der Waals surface area contributed by atoms with Crippen molar-refractivity contribution in [2.75, 3.05) is 12.4 Å². The van der Waals surface area contributed by atoms with Crippen molar-refractivity contribution in [3.05, 3.63) is 59.2 Å². The lowest BCUT2D eigenvalue weighted by atomic mass is 10.1. The molecule has 0 bridgehead atoms. The van der Waals surface area contributed by atoms with Gasteiger partial charge < -0.3 is 15.2 Å². The van der Waals surface area contributed by atoms with Crippen molar-refractivity contribution in [1.82, 2.24) is 5.43 Å². The molecule has 0 spiro atoms. The van der Waals surface area contributed by atoms with E-state index in [4.69, 9.17) is 9.84 Å². The lowest BCUT2D eigenvalue weighted by molar-refractivity contribution is -0.137. The van der Waals surface area contributed by atoms with Crippen LogP contribution in [-0.2, 0) is 15.8 Å². The second-order valence-electron chi connectivity index (χ2n) is 5.50. The SMILES string of the molecule is COc1ccc(/C=N\NC(=O)C(=O)Nc2cccc(C(F)(F)F)c2)cc1C(=O)O. The molecule has 3 N–H and O–H groups in total. The number of carboxylic acid groups (broad SMARTS) is 1. The Bertz CT molecular complexity index is 973. The number of hydrogen-bond acceptors (Lipinski definition) is 5. The molecule has 11 heteroatoms. The minimum atomic E-state index is -4.60. The Morgan fingerprint density at radius 1 is 1.10 bits per heavy atom. The number of alkyl halides is 3. The third-order valence-corrected chi connectivity index (χ3v) is 3.49. The van der Waals surface area contributed by atoms with Gasteiger partial charge >= 0.3 is 24.0 Å². The number of halogens is 3. The molecule has 2 rings (SSSR count). The molecule has 2 aromatic carbocycles. The number of benzene rings is 2. The summed E-state index contributed by atoms with van der Waals surface area (Å²) in [6, 6.07) is 7.85. The van der Waals surface area contributed by atoms with E-state index < -0.39 is 29.5 Å². The van der Waals surface area contributed by atoms with Crippen LogP contribution in [0.3, 0.4) is 0 Å². The molecular formula is C18H14F3N3O5. The molecule has 0 unspecified atom stereocenters. The minimum absolute atomic E-state index is 0.124. The molecule has 0 heterocycles. The molecule has 152 valence electrons. The van der Waals surface area contributed by atoms with Gasteiger partial charge in [-0.1, -0.05) is 6.07 Å². The zero-order chi connectivity index (χ0) is 21.6. The molecule has 0 radical (unpaired) electrons. The number of amides is 2. The molecule has 2 aromatic rings. The van der Waals surface area contributed by atoms with Crippen LogP contribution in [0.25, 0.3) is 0 Å². The molecule has 2 amide bonds. The first-order valence-electron chi connectivity index (χ1n) is 7.85. The highest BCUT2D eigenvalue weighted by Crippen LogP contribution is 2.30. The van der Waals surface area contributed by atoms with E-state index in [1.165, 1.54) is 31.4 Å². The van der Waals surface area contributed by atoms with Crippen molar-refractivity contribution >= 4 is 29.7 Å². The predicted octanol–water partition coefficient (Wildman–Crippen LogP) is 2.50. The molecule has 0 aliphatic carbocycles. The van der Waals surface area contributed by atoms with Crippen LogP contribution in [0.15, 0.2) is 47.6 Å². The first kappa shape index (κ1) is 21.4. The van der Waals surface area contributed by atoms with Crippen LogP contribution in [0.1, 0.15) is 21.5 Å². The van der Waals surface area contributed by atoms with E-state index in [1.807, 2.05) is 10.7 Å². The van der Waals surface area contributed by atoms with E-state index in [1.54, 1.807) is 0 Å². The summed E-state index contributed by atoms with van der Waals surface area (Å²) in [5.74, 6) is -3.58. The van der Waals surface area contributed by atoms with Crippen molar-refractivity contribution in [2.45, 2.75) is 6.18 Å². The van der Waals surface area contributed by atoms with Crippen LogP contribution in [0, 0.1) is 0 Å². The van der Waals surface area contributed by atoms with E-state index in [9.17, 15) is 27.6 Å². The number of nitrogens with one attached hydrogen (secondary N) is 2. The van der Waals surface area contributed by atoms with Gasteiger partial charge in [0.05, 0.1) is 18.9 Å². The maximum Gasteiger partial charge on any atom is 0.416 e. The Morgan fingerprint density at radius 2 is 1.83 bits per heavy atom. The van der Waals surface area contributed by atoms with E-state index >= 15 is 0 Å². The average Bonchev–Trinajstić information content (AvgIpc) is 2.67. The number of aromatic carboxylic acids is 1. The number of hydrogen-bond donors (Lipinski definition) is 3. The fourth-order valence-corrected chi connectivity index (χ4v) is 2.15. The van der Waals surface area contributed by atoms with E-state index in [0.717, 1.165) is 18.3 Å². The number of anilines is 1. The van der Waals surface area contributed by atoms with Gasteiger partial charge in [-0.25, -0.2) is 10.2 Å². The number of ether oxygens (including phenoxy) is 1. The van der Waals surface area contributed by atoms with Crippen LogP contribution in [0.4, 0.5) is 18.9 Å². The second kappa shape index (κ2) is 8.87. The van der Waals surface area contributed by atoms with Gasteiger partial charge in [-0.05, 0) is 42.0 Å². The standard InChI is InChI=1S/C18H14F3N3O5/c1-29-14-6-5-10(7-13(14)17(27)28)9-22-24-16(26)15(25)23-12-4-2-3-11(8-12)18(19,20)21/h2-9H,1H3,(H,23,25)(H,24,26)(H,27,28)/b22-9-. The molecular weight excluding hydrogens is 395 g/mol. The number of carbonyl (C=O) groups excluding carboxylic acids is 2. The highest BCUT2D eigenvalue weighted by atomic mass is 19.4. The second-order valence-corrected chi connectivity index (χ2v) is 5.50. The highest BCUT2D eigenvalue weighted by Gasteiger charge is 2.30. The fourth-order valence-electron chi connectivity index (χ4n) is 2.15. The first-order chi connectivity index (χ1) is 13.6. The molecule has 29 heavy (non-hydrogen) atoms. The van der Waals surface area contributed by atoms with Gasteiger partial charge in [0.25, 0.3) is 0 Å². The van der Waals surface area contributed by atoms with Crippen LogP contribution in [0.5, 0.6) is 5.75 Å². The van der Waals surface area contributed by atoms with Gasteiger partial charge in [-0.15, -0.1) is 0 Å². The molecule has 8 nitrogen and oxygen atoms in total. The topological polar surface area (TPSA) is 117 Å². The Hall–Kier alpha value is -3.89. The summed E-state index contributed by atoms with van der Waals surface area (Å²) in [5.41, 5.74) is 0.849. The fraction of sp³-hybridized carbons (Fsp3) is 0.111. The Labute approximate surface area is 162 Å². The normalized spacial score (nSPS) is 11.2. The van der Waals surface area contributed by atoms with Gasteiger partial charge in [0.1, 0.15) is 11.3 Å². The number of carboxylic acids is 1. The van der Waals surface area contributed by atoms with E-state index in [0.29, 0.717) is 11.6 Å². The third kappa shape index (κ3) is 5.79. The van der Waals surface area contributed by atoms with Gasteiger partial charge in [0, 0.05) is 5.69 Å². The van der Waals surface area contributed by atoms with E-state index in [-0.39, 0.29) is 17.0 Å². The molecule has 0 saturated heterocycles. The summed E-state index contributed by atoms with van der Waals surface area (Å²) in [6.07, 6.45) is -3.51. The number of methoxy groups -OCH3 is 1. The smallest absolute Gasteiger partial charge is 0.416 e. The molecule has 0 fully saturated rings. The lowest BCUT2D eigenvalue weighted by Crippen LogP contribution is -2.32. The summed E-state index contributed by atoms with van der Waals surface area (Å²) in [7, 11) is 1.30. The lowest BCUT2D eigenvalue weighted by Gasteiger charge is -2.09. The Morgan fingerprint density at radius 3 is 2.45 bits per heavy atom. The first-order valence-corrected chi connectivity index (χ1v) is 7.85. The summed E-state index contributed by atoms with van der Waals surface area (Å²) in [4.78, 5) is 34.6. The van der Waals surface area contributed by atoms with Crippen LogP contribution in [0.2, 0.25) is 0 Å². The molecule has 0 aliphatic heterocycles. The monoisotopic (exact) mass is 409 g/mol. The summed E-state index contributed by atoms with van der Waals surface area (Å²) >= 11 is 0. The van der Waals surface area contributed by atoms with Gasteiger partial charge in [-0.2, -0.15) is 18.3 Å². The van der Waals surface area contributed by atoms with Crippen molar-refractivity contribution in [2.24, 2.45) is 5.10 Å². The van der Waals surface area contributed by atoms with Crippen molar-refractivity contribution in [3.8, 4) is 5.75 Å². The Balaban J connectivity index is 2.01. The summed E-state index contributed by atoms with van der Waals surface area (Å²) < 4.78 is 42.9. The molecule has 0 saturated carbocycles. The van der Waals surface area contributed by atoms with E-state index in [2.05, 4.69) is 5.10 Å². The largest absolute Gasteiger partial charge is 0.496 e. The number of carbonyl (C=O) groups is 3. The quantitative estimate of drug-likeness (QED) is 0.399. The molecule has 0 atom stereocenters. The van der Waals surface area contributed by atoms with Crippen molar-refractivity contribution in [1.29, 1.82) is 0 Å². The minimum Gasteiger partial charge on any atom is -0.496 e. The predicted molar refractivity (Wildman–Crippen MR) is 95.8 cm³/mol. The maximum atomic E-state index is 12.7. The van der Waals surface area contributed by atoms with Crippen LogP contribution in [-0.4, -0.2) is 36.2 Å². The molecule has 0 aromatic heterocycles. The summed E-state index contributed by atoms with van der Waals surface area (Å²) in [6.45, 7) is 0. The summed E-state index contributed by atoms with van der Waals surface area (Å²) in [5, 5.41) is 14.6. The number of rotatable bonds is 5. The van der Waals surface area contributed by atoms with Crippen LogP contribution < -0.4 is 15.5 Å². The number of hydrazone groups is 1. The zero-order valence-electron chi connectivity index (χ0n) is 14.8.